The molecule has 0 N–H and O–H groups in total. The third-order valence-electron chi connectivity index (χ3n) is 8.19. The molecule has 2 aliphatic carbocycles. The lowest BCUT2D eigenvalue weighted by atomic mass is 9.61. The summed E-state index contributed by atoms with van der Waals surface area (Å²) in [7, 11) is 0. The van der Waals surface area contributed by atoms with E-state index in [1.807, 2.05) is 0 Å². The summed E-state index contributed by atoms with van der Waals surface area (Å²) in [5.74, 6) is 1.00. The molecular weight excluding hydrogens is 396 g/mol. The van der Waals surface area contributed by atoms with Gasteiger partial charge in [-0.05, 0) is 64.5 Å². The Balaban J connectivity index is 1.92. The molecule has 0 bridgehead atoms. The van der Waals surface area contributed by atoms with Crippen molar-refractivity contribution < 1.29 is 0 Å². The van der Waals surface area contributed by atoms with E-state index in [0.29, 0.717) is 11.8 Å². The molecule has 2 aromatic rings. The van der Waals surface area contributed by atoms with Gasteiger partial charge < -0.3 is 0 Å². The van der Waals surface area contributed by atoms with Gasteiger partial charge in [0.05, 0.1) is 0 Å². The second kappa shape index (κ2) is 10.0. The zero-order valence-corrected chi connectivity index (χ0v) is 21.9. The summed E-state index contributed by atoms with van der Waals surface area (Å²) in [6, 6.07) is 18.7. The van der Waals surface area contributed by atoms with Gasteiger partial charge in [0.2, 0.25) is 0 Å². The molecule has 0 fully saturated rings. The van der Waals surface area contributed by atoms with E-state index < -0.39 is 0 Å². The minimum Gasteiger partial charge on any atom is -0.0651 e. The Labute approximate surface area is 203 Å². The van der Waals surface area contributed by atoms with E-state index in [-0.39, 0.29) is 5.41 Å². The van der Waals surface area contributed by atoms with E-state index in [4.69, 9.17) is 0 Å². The van der Waals surface area contributed by atoms with Crippen LogP contribution in [0.2, 0.25) is 0 Å². The average Bonchev–Trinajstić information content (AvgIpc) is 3.29. The highest BCUT2D eigenvalue weighted by Gasteiger charge is 2.48. The maximum Gasteiger partial charge on any atom is 0.0120 e. The first-order valence-corrected chi connectivity index (χ1v) is 13.6. The van der Waals surface area contributed by atoms with Gasteiger partial charge in [-0.15, -0.1) is 0 Å². The SMILES string of the molecule is CCCC1=C(CCC)C(C(C)(C)C2C(CCC)=C(CCC)c3ccccc32)c2ccccc21. The zero-order valence-electron chi connectivity index (χ0n) is 21.9. The molecule has 33 heavy (non-hydrogen) atoms. The van der Waals surface area contributed by atoms with Crippen molar-refractivity contribution in [1.82, 2.24) is 0 Å². The van der Waals surface area contributed by atoms with Crippen molar-refractivity contribution in [1.29, 1.82) is 0 Å². The molecule has 2 aliphatic rings. The molecular formula is C33H44. The molecule has 0 aromatic heterocycles. The van der Waals surface area contributed by atoms with Crippen molar-refractivity contribution in [3.63, 3.8) is 0 Å². The molecule has 0 heterocycles. The largest absolute Gasteiger partial charge is 0.0651 e. The molecule has 0 amide bonds. The molecule has 176 valence electrons. The molecule has 0 nitrogen and oxygen atoms in total. The highest BCUT2D eigenvalue weighted by atomic mass is 14.5. The molecule has 0 heteroatoms. The van der Waals surface area contributed by atoms with Crippen molar-refractivity contribution in [2.45, 2.75) is 105 Å². The van der Waals surface area contributed by atoms with Gasteiger partial charge in [0.1, 0.15) is 0 Å². The summed E-state index contributed by atoms with van der Waals surface area (Å²) in [4.78, 5) is 0. The maximum atomic E-state index is 2.59. The summed E-state index contributed by atoms with van der Waals surface area (Å²) in [5, 5.41) is 0. The number of hydrogen-bond acceptors (Lipinski definition) is 0. The minimum absolute atomic E-state index is 0.131. The fourth-order valence-corrected chi connectivity index (χ4v) is 7.20. The van der Waals surface area contributed by atoms with Gasteiger partial charge in [0.15, 0.2) is 0 Å². The van der Waals surface area contributed by atoms with Crippen LogP contribution in [0.3, 0.4) is 0 Å². The van der Waals surface area contributed by atoms with Crippen LogP contribution in [0.15, 0.2) is 59.7 Å². The Hall–Kier alpha value is -2.08. The fraction of sp³-hybridized carbons (Fsp3) is 0.515. The van der Waals surface area contributed by atoms with Gasteiger partial charge >= 0.3 is 0 Å². The normalized spacial score (nSPS) is 19.9. The molecule has 4 rings (SSSR count). The zero-order chi connectivity index (χ0) is 23.6. The predicted molar refractivity (Wildman–Crippen MR) is 146 cm³/mol. The van der Waals surface area contributed by atoms with Crippen molar-refractivity contribution in [2.75, 3.05) is 0 Å². The summed E-state index contributed by atoms with van der Waals surface area (Å²) < 4.78 is 0. The van der Waals surface area contributed by atoms with E-state index in [1.165, 1.54) is 51.4 Å². The van der Waals surface area contributed by atoms with Crippen LogP contribution in [-0.2, 0) is 0 Å². The van der Waals surface area contributed by atoms with Crippen molar-refractivity contribution in [3.05, 3.63) is 81.9 Å². The monoisotopic (exact) mass is 440 g/mol. The van der Waals surface area contributed by atoms with Gasteiger partial charge in [-0.2, -0.15) is 0 Å². The van der Waals surface area contributed by atoms with Crippen LogP contribution in [0.5, 0.6) is 0 Å². The van der Waals surface area contributed by atoms with Gasteiger partial charge in [-0.25, -0.2) is 0 Å². The highest BCUT2D eigenvalue weighted by Crippen LogP contribution is 2.62. The topological polar surface area (TPSA) is 0 Å². The lowest BCUT2D eigenvalue weighted by Crippen LogP contribution is -2.30. The lowest BCUT2D eigenvalue weighted by Gasteiger charge is -2.42. The van der Waals surface area contributed by atoms with Crippen LogP contribution in [0, 0.1) is 5.41 Å². The number of rotatable bonds is 10. The molecule has 2 unspecified atom stereocenters. The Kier molecular flexibility index (Phi) is 7.32. The Bertz CT molecular complexity index is 962. The highest BCUT2D eigenvalue weighted by molar-refractivity contribution is 5.81. The van der Waals surface area contributed by atoms with Crippen LogP contribution in [0.4, 0.5) is 0 Å². The summed E-state index contributed by atoms with van der Waals surface area (Å²) in [6.45, 7) is 14.6. The standard InChI is InChI=1S/C33H44/c1-7-15-23-25-19-11-13-21-29(25)31(27(23)17-9-3)33(5,6)32-28(18-10-4)24(16-8-2)26-20-12-14-22-30(26)32/h11-14,19-22,31-32H,7-10,15-18H2,1-6H3. The number of benzene rings is 2. The molecule has 0 radical (unpaired) electrons. The van der Waals surface area contributed by atoms with Gasteiger partial charge in [0.25, 0.3) is 0 Å². The molecule has 0 spiro atoms. The quantitative estimate of drug-likeness (QED) is 0.344. The molecule has 0 saturated heterocycles. The number of hydrogen-bond donors (Lipinski definition) is 0. The van der Waals surface area contributed by atoms with Crippen LogP contribution in [0.25, 0.3) is 11.1 Å². The molecule has 2 aromatic carbocycles. The minimum atomic E-state index is 0.131. The molecule has 0 saturated carbocycles. The first kappa shape index (κ1) is 24.1. The number of allylic oxidation sites excluding steroid dienone is 4. The van der Waals surface area contributed by atoms with E-state index >= 15 is 0 Å². The summed E-state index contributed by atoms with van der Waals surface area (Å²) in [5.41, 5.74) is 13.2. The van der Waals surface area contributed by atoms with Crippen LogP contribution >= 0.6 is 0 Å². The summed E-state index contributed by atoms with van der Waals surface area (Å²) >= 11 is 0. The van der Waals surface area contributed by atoms with E-state index in [1.54, 1.807) is 44.5 Å². The first-order valence-electron chi connectivity index (χ1n) is 13.6. The predicted octanol–water partition coefficient (Wildman–Crippen LogP) is 10.3. The molecule has 2 atom stereocenters. The fourth-order valence-electron chi connectivity index (χ4n) is 7.20. The van der Waals surface area contributed by atoms with Crippen LogP contribution in [0.1, 0.15) is 127 Å². The second-order valence-corrected chi connectivity index (χ2v) is 10.9. The van der Waals surface area contributed by atoms with Crippen molar-refractivity contribution in [2.24, 2.45) is 5.41 Å². The average molecular weight is 441 g/mol. The van der Waals surface area contributed by atoms with E-state index in [9.17, 15) is 0 Å². The third-order valence-corrected chi connectivity index (χ3v) is 8.19. The third kappa shape index (κ3) is 4.05. The Morgan fingerprint density at radius 2 is 0.909 bits per heavy atom. The Morgan fingerprint density at radius 3 is 1.27 bits per heavy atom. The van der Waals surface area contributed by atoms with Gasteiger partial charge in [-0.3, -0.25) is 0 Å². The van der Waals surface area contributed by atoms with Gasteiger partial charge in [-0.1, -0.05) is 127 Å². The van der Waals surface area contributed by atoms with Crippen LogP contribution in [-0.4, -0.2) is 0 Å². The van der Waals surface area contributed by atoms with E-state index in [2.05, 4.69) is 90.1 Å². The van der Waals surface area contributed by atoms with Gasteiger partial charge in [0, 0.05) is 11.8 Å². The van der Waals surface area contributed by atoms with Crippen LogP contribution < -0.4 is 0 Å². The first-order chi connectivity index (χ1) is 16.0. The van der Waals surface area contributed by atoms with Crippen molar-refractivity contribution in [3.8, 4) is 0 Å². The van der Waals surface area contributed by atoms with E-state index in [0.717, 1.165) is 0 Å². The van der Waals surface area contributed by atoms with Crippen molar-refractivity contribution >= 4 is 11.1 Å². The second-order valence-electron chi connectivity index (χ2n) is 10.9. The maximum absolute atomic E-state index is 2.59. The lowest BCUT2D eigenvalue weighted by molar-refractivity contribution is 0.267. The molecule has 0 aliphatic heterocycles. The smallest absolute Gasteiger partial charge is 0.0120 e. The Morgan fingerprint density at radius 1 is 0.545 bits per heavy atom. The number of fused-ring (bicyclic) bond motifs is 2. The summed E-state index contributed by atoms with van der Waals surface area (Å²) in [6.07, 6.45) is 9.75.